The van der Waals surface area contributed by atoms with Crippen molar-refractivity contribution in [1.82, 2.24) is 10.2 Å². The Morgan fingerprint density at radius 2 is 2.00 bits per heavy atom. The van der Waals surface area contributed by atoms with E-state index in [0.29, 0.717) is 5.92 Å². The molecule has 20 heavy (non-hydrogen) atoms. The maximum absolute atomic E-state index is 11.9. The zero-order valence-electron chi connectivity index (χ0n) is 10.6. The van der Waals surface area contributed by atoms with Crippen LogP contribution in [0.1, 0.15) is 43.0 Å². The minimum atomic E-state index is -4.54. The summed E-state index contributed by atoms with van der Waals surface area (Å²) in [5.41, 5.74) is 0. The van der Waals surface area contributed by atoms with Gasteiger partial charge in [-0.2, -0.15) is 13.2 Å². The molecule has 1 aromatic heterocycles. The third-order valence-electron chi connectivity index (χ3n) is 2.97. The fourth-order valence-corrected chi connectivity index (χ4v) is 2.97. The summed E-state index contributed by atoms with van der Waals surface area (Å²) in [5, 5.41) is 10.9. The van der Waals surface area contributed by atoms with Crippen molar-refractivity contribution in [3.63, 3.8) is 0 Å². The monoisotopic (exact) mass is 309 g/mol. The zero-order chi connectivity index (χ0) is 14.6. The van der Waals surface area contributed by atoms with E-state index >= 15 is 0 Å². The van der Waals surface area contributed by atoms with Crippen molar-refractivity contribution < 1.29 is 22.7 Å². The van der Waals surface area contributed by atoms with Crippen LogP contribution in [-0.2, 0) is 4.74 Å². The van der Waals surface area contributed by atoms with Gasteiger partial charge in [0.2, 0.25) is 5.13 Å². The Morgan fingerprint density at radius 3 is 2.65 bits per heavy atom. The molecule has 0 atom stereocenters. The first-order valence-corrected chi connectivity index (χ1v) is 7.09. The molecule has 9 heteroatoms. The van der Waals surface area contributed by atoms with E-state index in [1.807, 2.05) is 0 Å². The first kappa shape index (κ1) is 15.0. The summed E-state index contributed by atoms with van der Waals surface area (Å²) in [6.07, 6.45) is -0.147. The standard InChI is InChI=1S/C11H14F3N3O2S/c12-11(13,14)6-19-10(18)15-9-17-16-8(20-9)7-4-2-1-3-5-7/h7H,1-6H2,(H,15,17,18). The van der Waals surface area contributed by atoms with Gasteiger partial charge in [-0.05, 0) is 12.8 Å². The second-order valence-corrected chi connectivity index (χ2v) is 5.61. The Labute approximate surface area is 117 Å². The van der Waals surface area contributed by atoms with E-state index in [4.69, 9.17) is 0 Å². The van der Waals surface area contributed by atoms with Crippen LogP contribution in [0.25, 0.3) is 0 Å². The van der Waals surface area contributed by atoms with Gasteiger partial charge in [0.1, 0.15) is 5.01 Å². The Balaban J connectivity index is 1.84. The topological polar surface area (TPSA) is 64.1 Å². The van der Waals surface area contributed by atoms with Crippen LogP contribution in [0.5, 0.6) is 0 Å². The summed E-state index contributed by atoms with van der Waals surface area (Å²) in [7, 11) is 0. The van der Waals surface area contributed by atoms with Crippen molar-refractivity contribution in [2.24, 2.45) is 0 Å². The number of nitrogens with zero attached hydrogens (tertiary/aromatic N) is 2. The number of carbonyl (C=O) groups is 1. The number of hydrogen-bond acceptors (Lipinski definition) is 5. The predicted octanol–water partition coefficient (Wildman–Crippen LogP) is 3.70. The van der Waals surface area contributed by atoms with E-state index in [1.54, 1.807) is 0 Å². The second kappa shape index (κ2) is 6.38. The van der Waals surface area contributed by atoms with Crippen molar-refractivity contribution in [2.75, 3.05) is 11.9 Å². The molecule has 1 aliphatic rings. The number of nitrogens with one attached hydrogen (secondary N) is 1. The molecule has 0 spiro atoms. The van der Waals surface area contributed by atoms with Gasteiger partial charge >= 0.3 is 12.3 Å². The average Bonchev–Trinajstić information content (AvgIpc) is 2.85. The average molecular weight is 309 g/mol. The van der Waals surface area contributed by atoms with Crippen molar-refractivity contribution >= 4 is 22.6 Å². The molecular weight excluding hydrogens is 295 g/mol. The number of aromatic nitrogens is 2. The van der Waals surface area contributed by atoms with Gasteiger partial charge in [0.05, 0.1) is 0 Å². The molecule has 1 heterocycles. The first-order valence-electron chi connectivity index (χ1n) is 6.28. The Hall–Kier alpha value is -1.38. The van der Waals surface area contributed by atoms with Gasteiger partial charge in [-0.15, -0.1) is 10.2 Å². The summed E-state index contributed by atoms with van der Waals surface area (Å²) in [6, 6.07) is 0. The Kier molecular flexibility index (Phi) is 4.79. The lowest BCUT2D eigenvalue weighted by Crippen LogP contribution is -2.23. The lowest BCUT2D eigenvalue weighted by molar-refractivity contribution is -0.159. The summed E-state index contributed by atoms with van der Waals surface area (Å²) in [4.78, 5) is 11.2. The molecule has 0 bridgehead atoms. The summed E-state index contributed by atoms with van der Waals surface area (Å²) < 4.78 is 39.6. The molecule has 1 amide bonds. The molecule has 2 rings (SSSR count). The van der Waals surface area contributed by atoms with Crippen LogP contribution in [-0.4, -0.2) is 29.1 Å². The lowest BCUT2D eigenvalue weighted by Gasteiger charge is -2.18. The van der Waals surface area contributed by atoms with E-state index in [2.05, 4.69) is 20.3 Å². The maximum Gasteiger partial charge on any atom is 0.422 e. The molecule has 112 valence electrons. The molecule has 1 N–H and O–H groups in total. The van der Waals surface area contributed by atoms with Crippen LogP contribution in [0.3, 0.4) is 0 Å². The number of rotatable bonds is 3. The number of hydrogen-bond donors (Lipinski definition) is 1. The van der Waals surface area contributed by atoms with E-state index in [9.17, 15) is 18.0 Å². The van der Waals surface area contributed by atoms with Crippen molar-refractivity contribution in [2.45, 2.75) is 44.2 Å². The highest BCUT2D eigenvalue weighted by Gasteiger charge is 2.30. The Bertz CT molecular complexity index is 458. The fourth-order valence-electron chi connectivity index (χ4n) is 2.07. The number of alkyl halides is 3. The van der Waals surface area contributed by atoms with Crippen molar-refractivity contribution in [3.8, 4) is 0 Å². The molecule has 1 fully saturated rings. The number of anilines is 1. The quantitative estimate of drug-likeness (QED) is 0.924. The zero-order valence-corrected chi connectivity index (χ0v) is 11.4. The third kappa shape index (κ3) is 4.62. The van der Waals surface area contributed by atoms with Crippen LogP contribution in [0.2, 0.25) is 0 Å². The number of carbonyl (C=O) groups excluding carboxylic acids is 1. The van der Waals surface area contributed by atoms with Gasteiger partial charge in [-0.25, -0.2) is 4.79 Å². The molecule has 5 nitrogen and oxygen atoms in total. The fraction of sp³-hybridized carbons (Fsp3) is 0.727. The number of ether oxygens (including phenoxy) is 1. The number of amides is 1. The van der Waals surface area contributed by atoms with Crippen LogP contribution in [0.15, 0.2) is 0 Å². The predicted molar refractivity (Wildman–Crippen MR) is 66.8 cm³/mol. The molecule has 0 aliphatic heterocycles. The molecule has 1 aromatic rings. The maximum atomic E-state index is 11.9. The van der Waals surface area contributed by atoms with E-state index in [0.717, 1.165) is 30.7 Å². The van der Waals surface area contributed by atoms with Gasteiger partial charge < -0.3 is 4.74 Å². The summed E-state index contributed by atoms with van der Waals surface area (Å²) in [6.45, 7) is -1.62. The van der Waals surface area contributed by atoms with Crippen molar-refractivity contribution in [3.05, 3.63) is 5.01 Å². The van der Waals surface area contributed by atoms with Crippen LogP contribution >= 0.6 is 11.3 Å². The minimum absolute atomic E-state index is 0.165. The largest absolute Gasteiger partial charge is 0.440 e. The van der Waals surface area contributed by atoms with E-state index in [-0.39, 0.29) is 5.13 Å². The Morgan fingerprint density at radius 1 is 1.30 bits per heavy atom. The lowest BCUT2D eigenvalue weighted by atomic mass is 9.90. The molecule has 1 saturated carbocycles. The first-order chi connectivity index (χ1) is 9.44. The van der Waals surface area contributed by atoms with Gasteiger partial charge in [-0.3, -0.25) is 5.32 Å². The molecular formula is C11H14F3N3O2S. The smallest absolute Gasteiger partial charge is 0.422 e. The highest BCUT2D eigenvalue weighted by atomic mass is 32.1. The van der Waals surface area contributed by atoms with Crippen LogP contribution < -0.4 is 5.32 Å². The molecule has 0 unspecified atom stereocenters. The molecule has 0 radical (unpaired) electrons. The number of halogens is 3. The van der Waals surface area contributed by atoms with E-state index in [1.165, 1.54) is 17.8 Å². The highest BCUT2D eigenvalue weighted by molar-refractivity contribution is 7.15. The van der Waals surface area contributed by atoms with Gasteiger partial charge in [0, 0.05) is 5.92 Å². The van der Waals surface area contributed by atoms with E-state index < -0.39 is 18.9 Å². The molecule has 0 aromatic carbocycles. The summed E-state index contributed by atoms with van der Waals surface area (Å²) >= 11 is 1.19. The molecule has 0 saturated heterocycles. The van der Waals surface area contributed by atoms with Crippen LogP contribution in [0.4, 0.5) is 23.1 Å². The SMILES string of the molecule is O=C(Nc1nnc(C2CCCCC2)s1)OCC(F)(F)F. The van der Waals surface area contributed by atoms with Crippen LogP contribution in [0, 0.1) is 0 Å². The molecule has 1 aliphatic carbocycles. The van der Waals surface area contributed by atoms with Gasteiger partial charge in [0.15, 0.2) is 6.61 Å². The normalized spacial score (nSPS) is 16.9. The highest BCUT2D eigenvalue weighted by Crippen LogP contribution is 2.35. The second-order valence-electron chi connectivity index (χ2n) is 4.60. The minimum Gasteiger partial charge on any atom is -0.440 e. The van der Waals surface area contributed by atoms with Gasteiger partial charge in [0.25, 0.3) is 0 Å². The van der Waals surface area contributed by atoms with Gasteiger partial charge in [-0.1, -0.05) is 30.6 Å². The third-order valence-corrected chi connectivity index (χ3v) is 3.97. The summed E-state index contributed by atoms with van der Waals surface area (Å²) in [5.74, 6) is 0.336. The van der Waals surface area contributed by atoms with Crippen molar-refractivity contribution in [1.29, 1.82) is 0 Å².